The Labute approximate surface area is 175 Å². The second kappa shape index (κ2) is 8.93. The average molecular weight is 400 g/mol. The Balaban J connectivity index is 1.54. The number of Topliss-reactive ketones (excluding diaryl/α,β-unsaturated/α-hetero) is 1. The Morgan fingerprint density at radius 1 is 1.00 bits per heavy atom. The summed E-state index contributed by atoms with van der Waals surface area (Å²) >= 11 is 0. The molecule has 152 valence electrons. The molecule has 5 nitrogen and oxygen atoms in total. The average Bonchev–Trinajstić information content (AvgIpc) is 3.10. The van der Waals surface area contributed by atoms with E-state index in [0.29, 0.717) is 24.3 Å². The van der Waals surface area contributed by atoms with E-state index >= 15 is 0 Å². The van der Waals surface area contributed by atoms with Crippen molar-refractivity contribution in [2.75, 3.05) is 6.61 Å². The van der Waals surface area contributed by atoms with Crippen LogP contribution in [0.3, 0.4) is 0 Å². The van der Waals surface area contributed by atoms with Crippen molar-refractivity contribution in [2.24, 2.45) is 0 Å². The molecule has 0 bridgehead atoms. The molecule has 0 unspecified atom stereocenters. The SMILES string of the molecule is CC(=O)c1ccccc1OC[C@H](O)Cn1c(Cc2ccccc2)nc2ccccc21. The molecule has 0 aliphatic heterocycles. The van der Waals surface area contributed by atoms with Gasteiger partial charge in [0.2, 0.25) is 0 Å². The summed E-state index contributed by atoms with van der Waals surface area (Å²) in [6, 6.07) is 25.2. The van der Waals surface area contributed by atoms with Crippen molar-refractivity contribution in [1.82, 2.24) is 9.55 Å². The van der Waals surface area contributed by atoms with Gasteiger partial charge in [-0.25, -0.2) is 4.98 Å². The van der Waals surface area contributed by atoms with Crippen molar-refractivity contribution < 1.29 is 14.6 Å². The van der Waals surface area contributed by atoms with E-state index in [0.717, 1.165) is 22.4 Å². The Morgan fingerprint density at radius 3 is 2.50 bits per heavy atom. The third-order valence-corrected chi connectivity index (χ3v) is 5.03. The molecule has 4 aromatic rings. The highest BCUT2D eigenvalue weighted by molar-refractivity contribution is 5.96. The molecule has 0 amide bonds. The van der Waals surface area contributed by atoms with E-state index in [1.807, 2.05) is 53.1 Å². The van der Waals surface area contributed by atoms with Gasteiger partial charge in [0.15, 0.2) is 5.78 Å². The predicted molar refractivity (Wildman–Crippen MR) is 117 cm³/mol. The number of aliphatic hydroxyl groups is 1. The zero-order chi connectivity index (χ0) is 20.9. The zero-order valence-electron chi connectivity index (χ0n) is 16.9. The van der Waals surface area contributed by atoms with E-state index in [1.54, 1.807) is 18.2 Å². The topological polar surface area (TPSA) is 64.3 Å². The minimum absolute atomic E-state index is 0.0640. The lowest BCUT2D eigenvalue weighted by Crippen LogP contribution is -2.25. The fourth-order valence-corrected chi connectivity index (χ4v) is 3.58. The van der Waals surface area contributed by atoms with Crippen LogP contribution in [0.5, 0.6) is 5.75 Å². The van der Waals surface area contributed by atoms with Crippen LogP contribution in [0.1, 0.15) is 28.7 Å². The molecule has 5 heteroatoms. The number of ketones is 1. The summed E-state index contributed by atoms with van der Waals surface area (Å²) in [5, 5.41) is 10.7. The monoisotopic (exact) mass is 400 g/mol. The van der Waals surface area contributed by atoms with Gasteiger partial charge in [0, 0.05) is 6.42 Å². The highest BCUT2D eigenvalue weighted by atomic mass is 16.5. The molecule has 0 spiro atoms. The number of imidazole rings is 1. The van der Waals surface area contributed by atoms with Crippen molar-refractivity contribution in [3.63, 3.8) is 0 Å². The first-order chi connectivity index (χ1) is 14.6. The van der Waals surface area contributed by atoms with Crippen molar-refractivity contribution in [1.29, 1.82) is 0 Å². The second-order valence-electron chi connectivity index (χ2n) is 7.31. The number of fused-ring (bicyclic) bond motifs is 1. The van der Waals surface area contributed by atoms with Gasteiger partial charge in [-0.2, -0.15) is 0 Å². The largest absolute Gasteiger partial charge is 0.490 e. The number of hydrogen-bond acceptors (Lipinski definition) is 4. The van der Waals surface area contributed by atoms with Gasteiger partial charge in [-0.15, -0.1) is 0 Å². The summed E-state index contributed by atoms with van der Waals surface area (Å²) < 4.78 is 7.82. The molecule has 4 rings (SSSR count). The minimum Gasteiger partial charge on any atom is -0.490 e. The molecule has 0 aliphatic carbocycles. The Morgan fingerprint density at radius 2 is 1.70 bits per heavy atom. The second-order valence-corrected chi connectivity index (χ2v) is 7.31. The molecule has 30 heavy (non-hydrogen) atoms. The number of hydrogen-bond donors (Lipinski definition) is 1. The van der Waals surface area contributed by atoms with E-state index in [1.165, 1.54) is 6.92 Å². The van der Waals surface area contributed by atoms with E-state index < -0.39 is 6.10 Å². The number of benzene rings is 3. The predicted octanol–water partition coefficient (Wildman–Crippen LogP) is 4.27. The van der Waals surface area contributed by atoms with Gasteiger partial charge in [-0.1, -0.05) is 54.6 Å². The molecule has 1 heterocycles. The normalized spacial score (nSPS) is 12.1. The van der Waals surface area contributed by atoms with Crippen LogP contribution in [0.15, 0.2) is 78.9 Å². The summed E-state index contributed by atoms with van der Waals surface area (Å²) in [6.07, 6.45) is -0.0758. The number of nitrogens with zero attached hydrogens (tertiary/aromatic N) is 2. The van der Waals surface area contributed by atoms with E-state index in [9.17, 15) is 9.90 Å². The summed E-state index contributed by atoms with van der Waals surface area (Å²) in [4.78, 5) is 16.6. The van der Waals surface area contributed by atoms with Crippen LogP contribution < -0.4 is 4.74 Å². The Bertz CT molecular complexity index is 1150. The van der Waals surface area contributed by atoms with Crippen LogP contribution >= 0.6 is 0 Å². The third kappa shape index (κ3) is 4.42. The Kier molecular flexibility index (Phi) is 5.91. The molecule has 0 saturated heterocycles. The first kappa shape index (κ1) is 19.9. The fraction of sp³-hybridized carbons (Fsp3) is 0.200. The van der Waals surface area contributed by atoms with E-state index in [4.69, 9.17) is 9.72 Å². The maximum Gasteiger partial charge on any atom is 0.163 e. The minimum atomic E-state index is -0.753. The molecule has 1 aromatic heterocycles. The van der Waals surface area contributed by atoms with Crippen LogP contribution in [-0.2, 0) is 13.0 Å². The highest BCUT2D eigenvalue weighted by Gasteiger charge is 2.16. The molecular formula is C25H24N2O3. The molecule has 0 saturated carbocycles. The Hall–Kier alpha value is -3.44. The summed E-state index contributed by atoms with van der Waals surface area (Å²) in [5.41, 5.74) is 3.56. The lowest BCUT2D eigenvalue weighted by Gasteiger charge is -2.17. The standard InChI is InChI=1S/C25H24N2O3/c1-18(28)21-11-5-8-14-24(21)30-17-20(29)16-27-23-13-7-6-12-22(23)26-25(27)15-19-9-3-2-4-10-19/h2-14,20,29H,15-17H2,1H3/t20-/m1/s1. The smallest absolute Gasteiger partial charge is 0.163 e. The van der Waals surface area contributed by atoms with Gasteiger partial charge in [-0.3, -0.25) is 4.79 Å². The summed E-state index contributed by atoms with van der Waals surface area (Å²) in [7, 11) is 0. The number of para-hydroxylation sites is 3. The maximum atomic E-state index is 11.8. The van der Waals surface area contributed by atoms with Crippen LogP contribution in [0, 0.1) is 0 Å². The van der Waals surface area contributed by atoms with Gasteiger partial charge >= 0.3 is 0 Å². The fourth-order valence-electron chi connectivity index (χ4n) is 3.58. The van der Waals surface area contributed by atoms with Gasteiger partial charge < -0.3 is 14.4 Å². The third-order valence-electron chi connectivity index (χ3n) is 5.03. The number of carbonyl (C=O) groups excluding carboxylic acids is 1. The highest BCUT2D eigenvalue weighted by Crippen LogP contribution is 2.21. The van der Waals surface area contributed by atoms with Crippen molar-refractivity contribution >= 4 is 16.8 Å². The van der Waals surface area contributed by atoms with Crippen LogP contribution in [0.2, 0.25) is 0 Å². The van der Waals surface area contributed by atoms with Gasteiger partial charge in [-0.05, 0) is 36.8 Å². The molecule has 1 N–H and O–H groups in total. The maximum absolute atomic E-state index is 11.8. The number of carbonyl (C=O) groups is 1. The first-order valence-corrected chi connectivity index (χ1v) is 10.0. The lowest BCUT2D eigenvalue weighted by atomic mass is 10.1. The van der Waals surface area contributed by atoms with Crippen LogP contribution in [0.25, 0.3) is 11.0 Å². The molecule has 0 fully saturated rings. The first-order valence-electron chi connectivity index (χ1n) is 10.0. The quantitative estimate of drug-likeness (QED) is 0.449. The summed E-state index contributed by atoms with van der Waals surface area (Å²) in [6.45, 7) is 1.94. The van der Waals surface area contributed by atoms with E-state index in [2.05, 4.69) is 12.1 Å². The van der Waals surface area contributed by atoms with Gasteiger partial charge in [0.25, 0.3) is 0 Å². The molecule has 0 radical (unpaired) electrons. The van der Waals surface area contributed by atoms with E-state index in [-0.39, 0.29) is 12.4 Å². The molecule has 3 aromatic carbocycles. The molecule has 0 aliphatic rings. The zero-order valence-corrected chi connectivity index (χ0v) is 16.9. The van der Waals surface area contributed by atoms with Gasteiger partial charge in [0.1, 0.15) is 24.3 Å². The number of aliphatic hydroxyl groups excluding tert-OH is 1. The summed E-state index contributed by atoms with van der Waals surface area (Å²) in [5.74, 6) is 1.32. The van der Waals surface area contributed by atoms with Crippen LogP contribution in [0.4, 0.5) is 0 Å². The molecular weight excluding hydrogens is 376 g/mol. The number of rotatable bonds is 8. The lowest BCUT2D eigenvalue weighted by molar-refractivity contribution is 0.0899. The number of aromatic nitrogens is 2. The van der Waals surface area contributed by atoms with Crippen molar-refractivity contribution in [3.8, 4) is 5.75 Å². The van der Waals surface area contributed by atoms with Crippen LogP contribution in [-0.4, -0.2) is 33.2 Å². The molecule has 1 atom stereocenters. The van der Waals surface area contributed by atoms with Crippen molar-refractivity contribution in [3.05, 3.63) is 95.8 Å². The van der Waals surface area contributed by atoms with Gasteiger partial charge in [0.05, 0.1) is 23.1 Å². The van der Waals surface area contributed by atoms with Crippen molar-refractivity contribution in [2.45, 2.75) is 26.0 Å². The number of ether oxygens (including phenoxy) is 1.